The van der Waals surface area contributed by atoms with Crippen molar-refractivity contribution in [2.75, 3.05) is 26.7 Å². The molecule has 0 unspecified atom stereocenters. The number of nitrogens with zero attached hydrogens (tertiary/aromatic N) is 4. The number of aryl methyl sites for hydroxylation is 1. The number of hydrogen-bond donors (Lipinski definition) is 2. The van der Waals surface area contributed by atoms with Crippen molar-refractivity contribution < 1.29 is 4.79 Å². The fourth-order valence-electron chi connectivity index (χ4n) is 2.82. The van der Waals surface area contributed by atoms with Crippen LogP contribution in [0.1, 0.15) is 39.0 Å². The summed E-state index contributed by atoms with van der Waals surface area (Å²) in [5, 5.41) is 6.22. The molecule has 2 N–H and O–H groups in total. The number of aromatic nitrogens is 2. The Morgan fingerprint density at radius 1 is 1.37 bits per heavy atom. The first-order valence-electron chi connectivity index (χ1n) is 9.43. The predicted molar refractivity (Wildman–Crippen MR) is 110 cm³/mol. The first-order valence-corrected chi connectivity index (χ1v) is 9.43. The van der Waals surface area contributed by atoms with E-state index in [2.05, 4.69) is 33.6 Å². The average Bonchev–Trinajstić information content (AvgIpc) is 2.96. The number of aliphatic imine (C=N–C) groups is 1. The first kappa shape index (κ1) is 20.7. The van der Waals surface area contributed by atoms with Crippen molar-refractivity contribution in [3.8, 4) is 0 Å². The number of nitrogens with one attached hydrogen (secondary N) is 2. The summed E-state index contributed by atoms with van der Waals surface area (Å²) in [7, 11) is 1.87. The molecule has 0 radical (unpaired) electrons. The molecular formula is C20H32N6O. The van der Waals surface area contributed by atoms with Gasteiger partial charge in [-0.3, -0.25) is 9.79 Å². The number of rotatable bonds is 6. The Labute approximate surface area is 161 Å². The Balaban J connectivity index is 1.99. The van der Waals surface area contributed by atoms with E-state index in [1.54, 1.807) is 0 Å². The van der Waals surface area contributed by atoms with E-state index in [0.29, 0.717) is 6.54 Å². The highest BCUT2D eigenvalue weighted by molar-refractivity contribution is 5.86. The Morgan fingerprint density at radius 2 is 2.11 bits per heavy atom. The molecule has 27 heavy (non-hydrogen) atoms. The normalized spacial score (nSPS) is 12.3. The molecule has 0 bridgehead atoms. The maximum Gasteiger partial charge on any atom is 0.240 e. The number of guanidine groups is 1. The SMILES string of the molecule is CCNC(=NCCc1cn2cccc(C)c2n1)N(C)CC(=O)NC(C)(C)C. The van der Waals surface area contributed by atoms with Gasteiger partial charge >= 0.3 is 0 Å². The fraction of sp³-hybridized carbons (Fsp3) is 0.550. The number of pyridine rings is 1. The number of hydrogen-bond acceptors (Lipinski definition) is 3. The zero-order valence-electron chi connectivity index (χ0n) is 17.3. The average molecular weight is 373 g/mol. The quantitative estimate of drug-likeness (QED) is 0.601. The van der Waals surface area contributed by atoms with E-state index in [1.165, 1.54) is 0 Å². The number of carbonyl (C=O) groups is 1. The van der Waals surface area contributed by atoms with Crippen LogP contribution in [0.5, 0.6) is 0 Å². The van der Waals surface area contributed by atoms with Crippen LogP contribution in [0.4, 0.5) is 0 Å². The second-order valence-corrected chi connectivity index (χ2v) is 7.79. The monoisotopic (exact) mass is 372 g/mol. The smallest absolute Gasteiger partial charge is 0.240 e. The highest BCUT2D eigenvalue weighted by Crippen LogP contribution is 2.10. The zero-order valence-corrected chi connectivity index (χ0v) is 17.3. The van der Waals surface area contributed by atoms with E-state index < -0.39 is 0 Å². The van der Waals surface area contributed by atoms with Crippen LogP contribution in [0.2, 0.25) is 0 Å². The number of likely N-dealkylation sites (N-methyl/N-ethyl adjacent to an activating group) is 1. The van der Waals surface area contributed by atoms with Crippen molar-refractivity contribution in [3.05, 3.63) is 35.8 Å². The van der Waals surface area contributed by atoms with E-state index in [-0.39, 0.29) is 18.0 Å². The molecule has 2 aromatic heterocycles. The second kappa shape index (κ2) is 8.88. The lowest BCUT2D eigenvalue weighted by molar-refractivity contribution is -0.122. The molecule has 0 saturated heterocycles. The van der Waals surface area contributed by atoms with Gasteiger partial charge in [0.1, 0.15) is 5.65 Å². The summed E-state index contributed by atoms with van der Waals surface area (Å²) >= 11 is 0. The van der Waals surface area contributed by atoms with Crippen molar-refractivity contribution in [1.29, 1.82) is 0 Å². The third-order valence-electron chi connectivity index (χ3n) is 3.95. The van der Waals surface area contributed by atoms with Crippen molar-refractivity contribution in [2.24, 2.45) is 4.99 Å². The molecule has 7 nitrogen and oxygen atoms in total. The summed E-state index contributed by atoms with van der Waals surface area (Å²) in [4.78, 5) is 23.3. The molecule has 0 aliphatic heterocycles. The van der Waals surface area contributed by atoms with Crippen LogP contribution in [0.25, 0.3) is 5.65 Å². The third kappa shape index (κ3) is 6.27. The number of imidazole rings is 1. The second-order valence-electron chi connectivity index (χ2n) is 7.79. The molecule has 0 saturated carbocycles. The Bertz CT molecular complexity index is 802. The summed E-state index contributed by atoms with van der Waals surface area (Å²) < 4.78 is 2.04. The summed E-state index contributed by atoms with van der Waals surface area (Å²) in [6.07, 6.45) is 4.80. The fourth-order valence-corrected chi connectivity index (χ4v) is 2.82. The summed E-state index contributed by atoms with van der Waals surface area (Å²) in [6.45, 7) is 11.6. The molecule has 148 valence electrons. The minimum Gasteiger partial charge on any atom is -0.357 e. The predicted octanol–water partition coefficient (Wildman–Crippen LogP) is 2.00. The van der Waals surface area contributed by atoms with E-state index in [9.17, 15) is 4.79 Å². The Kier molecular flexibility index (Phi) is 6.82. The minimum absolute atomic E-state index is 0.0218. The van der Waals surface area contributed by atoms with Crippen molar-refractivity contribution in [2.45, 2.75) is 46.6 Å². The van der Waals surface area contributed by atoms with E-state index >= 15 is 0 Å². The minimum atomic E-state index is -0.241. The zero-order chi connectivity index (χ0) is 20.0. The van der Waals surface area contributed by atoms with Gasteiger partial charge in [-0.1, -0.05) is 6.07 Å². The van der Waals surface area contributed by atoms with E-state index in [4.69, 9.17) is 0 Å². The lowest BCUT2D eigenvalue weighted by Gasteiger charge is -2.25. The van der Waals surface area contributed by atoms with Crippen LogP contribution >= 0.6 is 0 Å². The molecule has 0 atom stereocenters. The van der Waals surface area contributed by atoms with Crippen LogP contribution in [0.3, 0.4) is 0 Å². The van der Waals surface area contributed by atoms with Crippen LogP contribution < -0.4 is 10.6 Å². The van der Waals surface area contributed by atoms with Gasteiger partial charge < -0.3 is 19.9 Å². The van der Waals surface area contributed by atoms with Gasteiger partial charge in [0.25, 0.3) is 0 Å². The molecule has 0 aromatic carbocycles. The molecular weight excluding hydrogens is 340 g/mol. The lowest BCUT2D eigenvalue weighted by Crippen LogP contribution is -2.48. The molecule has 0 spiro atoms. The third-order valence-corrected chi connectivity index (χ3v) is 3.95. The largest absolute Gasteiger partial charge is 0.357 e. The number of amides is 1. The summed E-state index contributed by atoms with van der Waals surface area (Å²) in [6, 6.07) is 4.08. The van der Waals surface area contributed by atoms with Gasteiger partial charge in [0, 0.05) is 44.5 Å². The van der Waals surface area contributed by atoms with Crippen LogP contribution in [-0.4, -0.2) is 58.4 Å². The van der Waals surface area contributed by atoms with Crippen LogP contribution in [0, 0.1) is 6.92 Å². The lowest BCUT2D eigenvalue weighted by atomic mass is 10.1. The van der Waals surface area contributed by atoms with Crippen LogP contribution in [0.15, 0.2) is 29.5 Å². The van der Waals surface area contributed by atoms with E-state index in [0.717, 1.165) is 35.8 Å². The number of fused-ring (bicyclic) bond motifs is 1. The summed E-state index contributed by atoms with van der Waals surface area (Å²) in [5.74, 6) is 0.702. The topological polar surface area (TPSA) is 74.0 Å². The van der Waals surface area contributed by atoms with Crippen molar-refractivity contribution in [3.63, 3.8) is 0 Å². The standard InChI is InChI=1S/C20H32N6O/c1-7-21-19(25(6)14-17(27)24-20(3,4)5)22-11-10-16-13-26-12-8-9-15(2)18(26)23-16/h8-9,12-13H,7,10-11,14H2,1-6H3,(H,21,22)(H,24,27). The molecule has 0 fully saturated rings. The van der Waals surface area contributed by atoms with Gasteiger partial charge in [0.2, 0.25) is 5.91 Å². The molecule has 7 heteroatoms. The van der Waals surface area contributed by atoms with Gasteiger partial charge in [-0.25, -0.2) is 4.98 Å². The molecule has 2 heterocycles. The maximum absolute atomic E-state index is 12.2. The first-order chi connectivity index (χ1) is 12.7. The maximum atomic E-state index is 12.2. The summed E-state index contributed by atoms with van der Waals surface area (Å²) in [5.41, 5.74) is 2.91. The highest BCUT2D eigenvalue weighted by atomic mass is 16.2. The number of carbonyl (C=O) groups excluding carboxylic acids is 1. The Morgan fingerprint density at radius 3 is 2.74 bits per heavy atom. The van der Waals surface area contributed by atoms with Crippen molar-refractivity contribution >= 4 is 17.5 Å². The van der Waals surface area contributed by atoms with Gasteiger partial charge in [0.05, 0.1) is 12.2 Å². The molecule has 0 aliphatic rings. The van der Waals surface area contributed by atoms with Gasteiger partial charge in [-0.2, -0.15) is 0 Å². The molecule has 2 aromatic rings. The van der Waals surface area contributed by atoms with Gasteiger partial charge in [0.15, 0.2) is 5.96 Å². The molecule has 1 amide bonds. The Hall–Kier alpha value is -2.57. The molecule has 2 rings (SSSR count). The van der Waals surface area contributed by atoms with E-state index in [1.807, 2.05) is 62.5 Å². The van der Waals surface area contributed by atoms with Gasteiger partial charge in [-0.15, -0.1) is 0 Å². The van der Waals surface area contributed by atoms with Gasteiger partial charge in [-0.05, 0) is 46.2 Å². The van der Waals surface area contributed by atoms with Crippen LogP contribution in [-0.2, 0) is 11.2 Å². The van der Waals surface area contributed by atoms with Crippen molar-refractivity contribution in [1.82, 2.24) is 24.9 Å². The molecule has 0 aliphatic carbocycles. The highest BCUT2D eigenvalue weighted by Gasteiger charge is 2.16.